The molecule has 1 aromatic carbocycles. The average molecular weight is 322 g/mol. The summed E-state index contributed by atoms with van der Waals surface area (Å²) >= 11 is 0. The molecule has 23 heavy (non-hydrogen) atoms. The fraction of sp³-hybridized carbons (Fsp3) is 0.588. The third-order valence-electron chi connectivity index (χ3n) is 4.02. The summed E-state index contributed by atoms with van der Waals surface area (Å²) in [5.41, 5.74) is 0.501. The van der Waals surface area contributed by atoms with Crippen LogP contribution < -0.4 is 19.5 Å². The lowest BCUT2D eigenvalue weighted by Crippen LogP contribution is -2.54. The maximum Gasteiger partial charge on any atom is 0.203 e. The maximum atomic E-state index is 11.2. The molecule has 1 saturated heterocycles. The summed E-state index contributed by atoms with van der Waals surface area (Å²) in [5.74, 6) is 1.54. The highest BCUT2D eigenvalue weighted by molar-refractivity contribution is 5.78. The molecule has 6 nitrogen and oxygen atoms in total. The molecule has 2 atom stereocenters. The Labute approximate surface area is 137 Å². The van der Waals surface area contributed by atoms with Gasteiger partial charge in [0.25, 0.3) is 0 Å². The molecule has 0 saturated carbocycles. The number of methoxy groups -OCH3 is 2. The van der Waals surface area contributed by atoms with E-state index < -0.39 is 0 Å². The van der Waals surface area contributed by atoms with Gasteiger partial charge in [0.15, 0.2) is 17.7 Å². The minimum absolute atomic E-state index is 0.0694. The number of hydrogen-bond acceptors (Lipinski definition) is 6. The first-order valence-electron chi connectivity index (χ1n) is 7.98. The first-order valence-corrected chi connectivity index (χ1v) is 7.98. The molecule has 0 aromatic heterocycles. The van der Waals surface area contributed by atoms with Crippen molar-refractivity contribution in [2.45, 2.75) is 32.5 Å². The average Bonchev–Trinajstić information content (AvgIpc) is 2.58. The van der Waals surface area contributed by atoms with Gasteiger partial charge in [-0.25, -0.2) is 0 Å². The van der Waals surface area contributed by atoms with Crippen LogP contribution in [0.15, 0.2) is 12.1 Å². The fourth-order valence-electron chi connectivity index (χ4n) is 2.89. The van der Waals surface area contributed by atoms with Crippen LogP contribution >= 0.6 is 0 Å². The monoisotopic (exact) mass is 322 g/mol. The summed E-state index contributed by atoms with van der Waals surface area (Å²) in [5, 5.41) is 3.43. The van der Waals surface area contributed by atoms with Crippen molar-refractivity contribution in [2.75, 3.05) is 33.9 Å². The van der Waals surface area contributed by atoms with Crippen LogP contribution in [0, 0.1) is 0 Å². The molecule has 1 N–H and O–H groups in total. The molecule has 2 rings (SSSR count). The quantitative estimate of drug-likeness (QED) is 0.774. The number of hydrogen-bond donors (Lipinski definition) is 1. The molecular formula is C17H26N2O4. The molecular weight excluding hydrogens is 296 g/mol. The third kappa shape index (κ3) is 4.14. The summed E-state index contributed by atoms with van der Waals surface area (Å²) in [6.45, 7) is 7.04. The second-order valence-electron chi connectivity index (χ2n) is 5.70. The van der Waals surface area contributed by atoms with E-state index in [-0.39, 0.29) is 6.23 Å². The van der Waals surface area contributed by atoms with Gasteiger partial charge in [0, 0.05) is 31.2 Å². The molecule has 0 radical (unpaired) electrons. The highest BCUT2D eigenvalue weighted by Crippen LogP contribution is 2.39. The van der Waals surface area contributed by atoms with E-state index in [1.54, 1.807) is 26.4 Å². The third-order valence-corrected chi connectivity index (χ3v) is 4.02. The SMILES string of the molecule is CCC(Oc1cc(C=O)cc(OC)c1OC)N1CCNC(C)C1. The van der Waals surface area contributed by atoms with Crippen molar-refractivity contribution >= 4 is 6.29 Å². The molecule has 1 heterocycles. The molecule has 1 aromatic rings. The van der Waals surface area contributed by atoms with Crippen molar-refractivity contribution < 1.29 is 19.0 Å². The number of carbonyl (C=O) groups is 1. The standard InChI is InChI=1S/C17H26N2O4/c1-5-16(19-7-6-18-12(2)10-19)23-15-9-13(11-20)8-14(21-3)17(15)22-4/h8-9,11-12,16,18H,5-7,10H2,1-4H3. The minimum atomic E-state index is -0.0694. The molecule has 1 fully saturated rings. The van der Waals surface area contributed by atoms with Crippen LogP contribution in [0.1, 0.15) is 30.6 Å². The smallest absolute Gasteiger partial charge is 0.203 e. The Morgan fingerprint density at radius 2 is 2.09 bits per heavy atom. The Hall–Kier alpha value is -1.79. The lowest BCUT2D eigenvalue weighted by atomic mass is 10.2. The molecule has 6 heteroatoms. The summed E-state index contributed by atoms with van der Waals surface area (Å²) in [4.78, 5) is 13.5. The second kappa shape index (κ2) is 8.17. The van der Waals surface area contributed by atoms with Crippen LogP contribution in [0.3, 0.4) is 0 Å². The summed E-state index contributed by atoms with van der Waals surface area (Å²) in [6, 6.07) is 3.77. The topological polar surface area (TPSA) is 60.0 Å². The van der Waals surface area contributed by atoms with Crippen LogP contribution in [-0.4, -0.2) is 57.3 Å². The van der Waals surface area contributed by atoms with Crippen LogP contribution in [-0.2, 0) is 0 Å². The zero-order chi connectivity index (χ0) is 16.8. The van der Waals surface area contributed by atoms with Gasteiger partial charge in [-0.2, -0.15) is 0 Å². The number of carbonyl (C=O) groups excluding carboxylic acids is 1. The zero-order valence-corrected chi connectivity index (χ0v) is 14.3. The molecule has 128 valence electrons. The maximum absolute atomic E-state index is 11.2. The molecule has 0 amide bonds. The molecule has 1 aliphatic heterocycles. The first kappa shape index (κ1) is 17.6. The van der Waals surface area contributed by atoms with Gasteiger partial charge in [-0.15, -0.1) is 0 Å². The molecule has 0 bridgehead atoms. The normalized spacial score (nSPS) is 19.9. The van der Waals surface area contributed by atoms with Crippen molar-refractivity contribution in [2.24, 2.45) is 0 Å². The number of nitrogens with one attached hydrogen (secondary N) is 1. The van der Waals surface area contributed by atoms with Crippen LogP contribution in [0.25, 0.3) is 0 Å². The van der Waals surface area contributed by atoms with Gasteiger partial charge in [-0.05, 0) is 25.5 Å². The summed E-state index contributed by atoms with van der Waals surface area (Å²) in [7, 11) is 3.12. The van der Waals surface area contributed by atoms with Gasteiger partial charge < -0.3 is 19.5 Å². The largest absolute Gasteiger partial charge is 0.493 e. The second-order valence-corrected chi connectivity index (χ2v) is 5.70. The number of aldehydes is 1. The number of nitrogens with zero attached hydrogens (tertiary/aromatic N) is 1. The molecule has 0 spiro atoms. The van der Waals surface area contributed by atoms with Crippen LogP contribution in [0.2, 0.25) is 0 Å². The van der Waals surface area contributed by atoms with E-state index in [9.17, 15) is 4.79 Å². The van der Waals surface area contributed by atoms with E-state index in [1.807, 2.05) is 0 Å². The Bertz CT molecular complexity index is 536. The number of piperazine rings is 1. The van der Waals surface area contributed by atoms with Crippen molar-refractivity contribution in [3.05, 3.63) is 17.7 Å². The number of ether oxygens (including phenoxy) is 3. The summed E-state index contributed by atoms with van der Waals surface area (Å²) < 4.78 is 16.9. The van der Waals surface area contributed by atoms with Crippen molar-refractivity contribution in [3.63, 3.8) is 0 Å². The van der Waals surface area contributed by atoms with Gasteiger partial charge in [0.1, 0.15) is 6.29 Å². The predicted molar refractivity (Wildman–Crippen MR) is 88.7 cm³/mol. The van der Waals surface area contributed by atoms with Crippen molar-refractivity contribution in [1.82, 2.24) is 10.2 Å². The Morgan fingerprint density at radius 3 is 2.65 bits per heavy atom. The first-order chi connectivity index (χ1) is 11.1. The van der Waals surface area contributed by atoms with E-state index in [0.717, 1.165) is 32.3 Å². The van der Waals surface area contributed by atoms with Gasteiger partial charge in [-0.3, -0.25) is 9.69 Å². The number of benzene rings is 1. The van der Waals surface area contributed by atoms with E-state index in [1.165, 1.54) is 0 Å². The van der Waals surface area contributed by atoms with Crippen LogP contribution in [0.4, 0.5) is 0 Å². The van der Waals surface area contributed by atoms with E-state index in [0.29, 0.717) is 28.9 Å². The molecule has 2 unspecified atom stereocenters. The van der Waals surface area contributed by atoms with Gasteiger partial charge in [0.2, 0.25) is 5.75 Å². The highest BCUT2D eigenvalue weighted by atomic mass is 16.5. The van der Waals surface area contributed by atoms with Gasteiger partial charge in [0.05, 0.1) is 14.2 Å². The van der Waals surface area contributed by atoms with E-state index in [4.69, 9.17) is 14.2 Å². The minimum Gasteiger partial charge on any atom is -0.493 e. The highest BCUT2D eigenvalue weighted by Gasteiger charge is 2.25. The van der Waals surface area contributed by atoms with Crippen molar-refractivity contribution in [1.29, 1.82) is 0 Å². The lowest BCUT2D eigenvalue weighted by molar-refractivity contribution is 0.00366. The molecule has 0 aliphatic carbocycles. The Morgan fingerprint density at radius 1 is 1.35 bits per heavy atom. The fourth-order valence-corrected chi connectivity index (χ4v) is 2.89. The predicted octanol–water partition coefficient (Wildman–Crippen LogP) is 1.92. The number of rotatable bonds is 7. The molecule has 1 aliphatic rings. The Kier molecular flexibility index (Phi) is 6.24. The summed E-state index contributed by atoms with van der Waals surface area (Å²) in [6.07, 6.45) is 1.55. The van der Waals surface area contributed by atoms with E-state index in [2.05, 4.69) is 24.1 Å². The van der Waals surface area contributed by atoms with Crippen molar-refractivity contribution in [3.8, 4) is 17.2 Å². The zero-order valence-electron chi connectivity index (χ0n) is 14.3. The van der Waals surface area contributed by atoms with E-state index >= 15 is 0 Å². The van der Waals surface area contributed by atoms with Gasteiger partial charge >= 0.3 is 0 Å². The Balaban J connectivity index is 2.26. The van der Waals surface area contributed by atoms with Crippen LogP contribution in [0.5, 0.6) is 17.2 Å². The lowest BCUT2D eigenvalue weighted by Gasteiger charge is -2.37. The van der Waals surface area contributed by atoms with Gasteiger partial charge in [-0.1, -0.05) is 6.92 Å².